The minimum Gasteiger partial charge on any atom is -0.478 e. The van der Waals surface area contributed by atoms with Crippen molar-refractivity contribution in [1.82, 2.24) is 4.90 Å². The number of aliphatic hydroxyl groups is 1. The number of carbonyl (C=O) groups is 1. The lowest BCUT2D eigenvalue weighted by Crippen LogP contribution is -2.32. The van der Waals surface area contributed by atoms with Crippen molar-refractivity contribution in [3.8, 4) is 0 Å². The molecule has 1 aromatic rings. The van der Waals surface area contributed by atoms with Crippen molar-refractivity contribution in [2.75, 3.05) is 50.0 Å². The third-order valence-electron chi connectivity index (χ3n) is 3.69. The van der Waals surface area contributed by atoms with Gasteiger partial charge in [-0.25, -0.2) is 9.18 Å². The fourth-order valence-corrected chi connectivity index (χ4v) is 2.59. The van der Waals surface area contributed by atoms with E-state index in [9.17, 15) is 9.18 Å². The predicted molar refractivity (Wildman–Crippen MR) is 78.1 cm³/mol. The van der Waals surface area contributed by atoms with Gasteiger partial charge in [-0.3, -0.25) is 4.90 Å². The maximum atomic E-state index is 13.8. The van der Waals surface area contributed by atoms with Crippen LogP contribution < -0.4 is 10.6 Å². The van der Waals surface area contributed by atoms with Crippen LogP contribution in [0.2, 0.25) is 0 Å². The molecule has 0 spiro atoms. The standard InChI is InChI=1S/C14H20FN3O3/c15-11-9-13(12(16)8-10(11)14(20)21)18-3-1-2-17(4-5-18)6-7-19/h8-9,19H,1-7,16H2,(H,20,21). The Balaban J connectivity index is 2.18. The zero-order valence-electron chi connectivity index (χ0n) is 11.8. The molecule has 0 amide bonds. The molecule has 0 aromatic heterocycles. The number of aromatic carboxylic acids is 1. The van der Waals surface area contributed by atoms with Gasteiger partial charge in [0.05, 0.1) is 23.5 Å². The zero-order chi connectivity index (χ0) is 15.4. The summed E-state index contributed by atoms with van der Waals surface area (Å²) >= 11 is 0. The Labute approximate surface area is 122 Å². The lowest BCUT2D eigenvalue weighted by Gasteiger charge is -2.25. The van der Waals surface area contributed by atoms with Gasteiger partial charge in [0.1, 0.15) is 5.82 Å². The van der Waals surface area contributed by atoms with E-state index in [0.29, 0.717) is 18.8 Å². The Hall–Kier alpha value is -1.86. The van der Waals surface area contributed by atoms with Crippen molar-refractivity contribution in [1.29, 1.82) is 0 Å². The molecule has 1 aromatic carbocycles. The van der Waals surface area contributed by atoms with Crippen molar-refractivity contribution in [2.45, 2.75) is 6.42 Å². The number of carboxylic acids is 1. The third kappa shape index (κ3) is 3.62. The fraction of sp³-hybridized carbons (Fsp3) is 0.500. The number of carboxylic acid groups (broad SMARTS) is 1. The fourth-order valence-electron chi connectivity index (χ4n) is 2.59. The summed E-state index contributed by atoms with van der Waals surface area (Å²) in [7, 11) is 0. The second kappa shape index (κ2) is 6.73. The van der Waals surface area contributed by atoms with Gasteiger partial charge in [0.15, 0.2) is 0 Å². The van der Waals surface area contributed by atoms with E-state index >= 15 is 0 Å². The van der Waals surface area contributed by atoms with Crippen LogP contribution >= 0.6 is 0 Å². The maximum absolute atomic E-state index is 13.8. The third-order valence-corrected chi connectivity index (χ3v) is 3.69. The van der Waals surface area contributed by atoms with Crippen LogP contribution in [0.3, 0.4) is 0 Å². The molecule has 0 unspecified atom stereocenters. The van der Waals surface area contributed by atoms with E-state index in [1.54, 1.807) is 0 Å². The van der Waals surface area contributed by atoms with Crippen LogP contribution in [0, 0.1) is 5.82 Å². The van der Waals surface area contributed by atoms with Crippen molar-refractivity contribution < 1.29 is 19.4 Å². The first kappa shape index (κ1) is 15.5. The molecule has 0 saturated carbocycles. The Morgan fingerprint density at radius 1 is 1.29 bits per heavy atom. The lowest BCUT2D eigenvalue weighted by atomic mass is 10.1. The van der Waals surface area contributed by atoms with Gasteiger partial charge in [0, 0.05) is 32.2 Å². The molecule has 1 aliphatic heterocycles. The normalized spacial score (nSPS) is 16.8. The molecule has 116 valence electrons. The number of β-amino-alcohol motifs (C(OH)–C–C–N with tert-alkyl or cyclic N) is 1. The predicted octanol–water partition coefficient (Wildman–Crippen LogP) is 0.611. The SMILES string of the molecule is Nc1cc(C(=O)O)c(F)cc1N1CCCN(CCO)CC1. The Kier molecular flexibility index (Phi) is 4.98. The number of anilines is 2. The van der Waals surface area contributed by atoms with E-state index in [2.05, 4.69) is 4.90 Å². The first-order chi connectivity index (χ1) is 10.0. The molecule has 6 nitrogen and oxygen atoms in total. The van der Waals surface area contributed by atoms with E-state index in [1.165, 1.54) is 12.1 Å². The molecular formula is C14H20FN3O3. The molecule has 21 heavy (non-hydrogen) atoms. The molecule has 7 heteroatoms. The number of rotatable bonds is 4. The molecule has 1 fully saturated rings. The highest BCUT2D eigenvalue weighted by atomic mass is 19.1. The highest BCUT2D eigenvalue weighted by Crippen LogP contribution is 2.27. The Bertz CT molecular complexity index is 524. The van der Waals surface area contributed by atoms with Crippen molar-refractivity contribution >= 4 is 17.3 Å². The molecule has 0 bridgehead atoms. The summed E-state index contributed by atoms with van der Waals surface area (Å²) in [6.07, 6.45) is 0.877. The summed E-state index contributed by atoms with van der Waals surface area (Å²) in [5.74, 6) is -2.10. The lowest BCUT2D eigenvalue weighted by molar-refractivity contribution is 0.0692. The molecule has 1 aliphatic rings. The second-order valence-corrected chi connectivity index (χ2v) is 5.10. The van der Waals surface area contributed by atoms with Crippen LogP contribution in [-0.4, -0.2) is 60.4 Å². The zero-order valence-corrected chi connectivity index (χ0v) is 11.8. The van der Waals surface area contributed by atoms with Gasteiger partial charge in [-0.15, -0.1) is 0 Å². The number of nitrogens with two attached hydrogens (primary N) is 1. The quantitative estimate of drug-likeness (QED) is 0.706. The average Bonchev–Trinajstić information content (AvgIpc) is 2.67. The van der Waals surface area contributed by atoms with E-state index in [0.717, 1.165) is 26.1 Å². The number of hydrogen-bond acceptors (Lipinski definition) is 5. The highest BCUT2D eigenvalue weighted by molar-refractivity contribution is 5.91. The summed E-state index contributed by atoms with van der Waals surface area (Å²) in [6, 6.07) is 2.36. The van der Waals surface area contributed by atoms with Crippen LogP contribution in [-0.2, 0) is 0 Å². The Morgan fingerprint density at radius 2 is 2.05 bits per heavy atom. The van der Waals surface area contributed by atoms with Crippen LogP contribution in [0.4, 0.5) is 15.8 Å². The van der Waals surface area contributed by atoms with Crippen molar-refractivity contribution in [2.24, 2.45) is 0 Å². The molecule has 1 saturated heterocycles. The van der Waals surface area contributed by atoms with Gasteiger partial charge < -0.3 is 20.8 Å². The summed E-state index contributed by atoms with van der Waals surface area (Å²) < 4.78 is 13.8. The first-order valence-corrected chi connectivity index (χ1v) is 6.93. The monoisotopic (exact) mass is 297 g/mol. The minimum absolute atomic E-state index is 0.115. The van der Waals surface area contributed by atoms with E-state index in [-0.39, 0.29) is 12.3 Å². The van der Waals surface area contributed by atoms with Crippen LogP contribution in [0.1, 0.15) is 16.8 Å². The topological polar surface area (TPSA) is 90.0 Å². The van der Waals surface area contributed by atoms with Crippen LogP contribution in [0.25, 0.3) is 0 Å². The molecule has 2 rings (SSSR count). The van der Waals surface area contributed by atoms with Crippen molar-refractivity contribution in [3.63, 3.8) is 0 Å². The largest absolute Gasteiger partial charge is 0.478 e. The van der Waals surface area contributed by atoms with E-state index < -0.39 is 17.3 Å². The van der Waals surface area contributed by atoms with Gasteiger partial charge in [0.2, 0.25) is 0 Å². The number of nitrogens with zero attached hydrogens (tertiary/aromatic N) is 2. The summed E-state index contributed by atoms with van der Waals surface area (Å²) in [4.78, 5) is 15.0. The first-order valence-electron chi connectivity index (χ1n) is 6.93. The highest BCUT2D eigenvalue weighted by Gasteiger charge is 2.20. The number of benzene rings is 1. The average molecular weight is 297 g/mol. The van der Waals surface area contributed by atoms with Gasteiger partial charge in [0.25, 0.3) is 0 Å². The molecule has 1 heterocycles. The number of hydrogen-bond donors (Lipinski definition) is 3. The number of aliphatic hydroxyl groups excluding tert-OH is 1. The van der Waals surface area contributed by atoms with Gasteiger partial charge in [-0.2, -0.15) is 0 Å². The molecule has 0 aliphatic carbocycles. The van der Waals surface area contributed by atoms with Crippen LogP contribution in [0.15, 0.2) is 12.1 Å². The van der Waals surface area contributed by atoms with Gasteiger partial charge in [-0.05, 0) is 19.0 Å². The van der Waals surface area contributed by atoms with E-state index in [4.69, 9.17) is 15.9 Å². The molecule has 4 N–H and O–H groups in total. The van der Waals surface area contributed by atoms with Crippen molar-refractivity contribution in [3.05, 3.63) is 23.5 Å². The minimum atomic E-state index is -1.32. The molecule has 0 radical (unpaired) electrons. The number of nitrogen functional groups attached to an aromatic ring is 1. The molecular weight excluding hydrogens is 277 g/mol. The summed E-state index contributed by atoms with van der Waals surface area (Å²) in [5.41, 5.74) is 6.27. The number of halogens is 1. The van der Waals surface area contributed by atoms with Crippen LogP contribution in [0.5, 0.6) is 0 Å². The molecule has 0 atom stereocenters. The van der Waals surface area contributed by atoms with Gasteiger partial charge >= 0.3 is 5.97 Å². The summed E-state index contributed by atoms with van der Waals surface area (Å²) in [6.45, 7) is 3.74. The Morgan fingerprint density at radius 3 is 2.71 bits per heavy atom. The van der Waals surface area contributed by atoms with Gasteiger partial charge in [-0.1, -0.05) is 0 Å². The maximum Gasteiger partial charge on any atom is 0.338 e. The smallest absolute Gasteiger partial charge is 0.338 e. The summed E-state index contributed by atoms with van der Waals surface area (Å²) in [5, 5.41) is 17.9. The second-order valence-electron chi connectivity index (χ2n) is 5.10. The van der Waals surface area contributed by atoms with E-state index in [1.807, 2.05) is 4.90 Å².